The number of fused-ring (bicyclic) bond motifs is 1. The number of nitrogens with zero attached hydrogens (tertiary/aromatic N) is 1. The third-order valence-electron chi connectivity index (χ3n) is 6.97. The maximum absolute atomic E-state index is 12.9. The minimum absolute atomic E-state index is 0.0896. The maximum atomic E-state index is 12.9. The van der Waals surface area contributed by atoms with Crippen LogP contribution in [-0.2, 0) is 9.59 Å². The first-order chi connectivity index (χ1) is 16.5. The Kier molecular flexibility index (Phi) is 6.01. The summed E-state index contributed by atoms with van der Waals surface area (Å²) in [5.41, 5.74) is 3.30. The molecule has 3 atom stereocenters. The van der Waals surface area contributed by atoms with Crippen molar-refractivity contribution in [3.8, 4) is 16.9 Å². The van der Waals surface area contributed by atoms with Crippen LogP contribution in [0.15, 0.2) is 78.9 Å². The van der Waals surface area contributed by atoms with Crippen molar-refractivity contribution in [2.24, 2.45) is 17.8 Å². The van der Waals surface area contributed by atoms with Gasteiger partial charge in [0.2, 0.25) is 11.8 Å². The number of imide groups is 1. The lowest BCUT2D eigenvalue weighted by molar-refractivity contribution is -0.122. The smallest absolute Gasteiger partial charge is 0.237 e. The summed E-state index contributed by atoms with van der Waals surface area (Å²) in [5, 5.41) is 0. The van der Waals surface area contributed by atoms with Crippen LogP contribution in [0.2, 0.25) is 0 Å². The summed E-state index contributed by atoms with van der Waals surface area (Å²) in [6, 6.07) is 24.3. The van der Waals surface area contributed by atoms with Crippen molar-refractivity contribution in [1.82, 2.24) is 0 Å². The molecule has 34 heavy (non-hydrogen) atoms. The first kappa shape index (κ1) is 22.1. The number of ether oxygens (including phenoxy) is 1. The summed E-state index contributed by atoms with van der Waals surface area (Å²) in [4.78, 5) is 39.7. The van der Waals surface area contributed by atoms with Gasteiger partial charge in [0, 0.05) is 5.56 Å². The van der Waals surface area contributed by atoms with Crippen LogP contribution in [0.5, 0.6) is 5.75 Å². The van der Waals surface area contributed by atoms with Gasteiger partial charge in [-0.15, -0.1) is 0 Å². The van der Waals surface area contributed by atoms with E-state index in [4.69, 9.17) is 4.74 Å². The van der Waals surface area contributed by atoms with Gasteiger partial charge in [0.05, 0.1) is 17.5 Å². The first-order valence-electron chi connectivity index (χ1n) is 11.8. The number of carbonyl (C=O) groups excluding carboxylic acids is 3. The molecule has 3 aromatic rings. The van der Waals surface area contributed by atoms with Gasteiger partial charge in [-0.25, -0.2) is 0 Å². The van der Waals surface area contributed by atoms with E-state index in [1.807, 2.05) is 54.6 Å². The fourth-order valence-corrected chi connectivity index (χ4v) is 5.05. The lowest BCUT2D eigenvalue weighted by Gasteiger charge is -2.25. The maximum Gasteiger partial charge on any atom is 0.237 e. The Morgan fingerprint density at radius 3 is 2.18 bits per heavy atom. The Labute approximate surface area is 199 Å². The van der Waals surface area contributed by atoms with E-state index in [1.165, 1.54) is 4.90 Å². The zero-order valence-electron chi connectivity index (χ0n) is 19.1. The molecule has 5 rings (SSSR count). The van der Waals surface area contributed by atoms with Crippen LogP contribution in [-0.4, -0.2) is 24.2 Å². The Bertz CT molecular complexity index is 1200. The molecule has 1 saturated heterocycles. The molecule has 1 heterocycles. The molecule has 3 aromatic carbocycles. The number of Topliss-reactive ketones (excluding diaryl/α,β-unsaturated/α-hetero) is 1. The van der Waals surface area contributed by atoms with Gasteiger partial charge >= 0.3 is 0 Å². The van der Waals surface area contributed by atoms with E-state index >= 15 is 0 Å². The van der Waals surface area contributed by atoms with Crippen molar-refractivity contribution < 1.29 is 19.1 Å². The Morgan fingerprint density at radius 2 is 1.47 bits per heavy atom. The lowest BCUT2D eigenvalue weighted by Crippen LogP contribution is -2.30. The van der Waals surface area contributed by atoms with E-state index < -0.39 is 0 Å². The Balaban J connectivity index is 1.21. The van der Waals surface area contributed by atoms with E-state index in [-0.39, 0.29) is 36.0 Å². The fourth-order valence-electron chi connectivity index (χ4n) is 5.05. The minimum atomic E-state index is -0.196. The quantitative estimate of drug-likeness (QED) is 0.363. The molecule has 1 saturated carbocycles. The second kappa shape index (κ2) is 9.26. The van der Waals surface area contributed by atoms with Gasteiger partial charge in [0.15, 0.2) is 12.4 Å². The van der Waals surface area contributed by atoms with Gasteiger partial charge in [-0.1, -0.05) is 61.5 Å². The highest BCUT2D eigenvalue weighted by molar-refractivity contribution is 6.22. The second-order valence-electron chi connectivity index (χ2n) is 9.29. The van der Waals surface area contributed by atoms with E-state index in [0.717, 1.165) is 30.4 Å². The van der Waals surface area contributed by atoms with Crippen LogP contribution in [0.3, 0.4) is 0 Å². The number of ketones is 1. The molecule has 2 fully saturated rings. The Hall–Kier alpha value is -3.73. The summed E-state index contributed by atoms with van der Waals surface area (Å²) in [6.07, 6.45) is 2.55. The largest absolute Gasteiger partial charge is 0.485 e. The van der Waals surface area contributed by atoms with Crippen molar-refractivity contribution in [3.63, 3.8) is 0 Å². The van der Waals surface area contributed by atoms with Crippen LogP contribution < -0.4 is 9.64 Å². The predicted octanol–water partition coefficient (Wildman–Crippen LogP) is 5.54. The van der Waals surface area contributed by atoms with Crippen molar-refractivity contribution in [1.29, 1.82) is 0 Å². The van der Waals surface area contributed by atoms with Crippen LogP contribution in [0.1, 0.15) is 36.5 Å². The number of benzene rings is 3. The van der Waals surface area contributed by atoms with Gasteiger partial charge in [-0.3, -0.25) is 19.3 Å². The van der Waals surface area contributed by atoms with Gasteiger partial charge in [-0.05, 0) is 60.6 Å². The van der Waals surface area contributed by atoms with Crippen molar-refractivity contribution >= 4 is 23.3 Å². The number of amides is 2. The summed E-state index contributed by atoms with van der Waals surface area (Å²) in [7, 11) is 0. The molecular formula is C29H27NO4. The molecule has 0 aromatic heterocycles. The number of rotatable bonds is 6. The molecule has 0 bridgehead atoms. The third kappa shape index (κ3) is 4.26. The van der Waals surface area contributed by atoms with Gasteiger partial charge in [0.1, 0.15) is 5.75 Å². The summed E-state index contributed by atoms with van der Waals surface area (Å²) < 4.78 is 5.68. The van der Waals surface area contributed by atoms with Gasteiger partial charge in [0.25, 0.3) is 0 Å². The summed E-state index contributed by atoms with van der Waals surface area (Å²) in [6.45, 7) is 2.05. The number of hydrogen-bond acceptors (Lipinski definition) is 4. The van der Waals surface area contributed by atoms with Crippen LogP contribution in [0, 0.1) is 17.8 Å². The van der Waals surface area contributed by atoms with Gasteiger partial charge in [-0.2, -0.15) is 0 Å². The van der Waals surface area contributed by atoms with Crippen LogP contribution in [0.25, 0.3) is 11.1 Å². The van der Waals surface area contributed by atoms with Crippen molar-refractivity contribution in [3.05, 3.63) is 84.4 Å². The molecule has 1 aliphatic carbocycles. The van der Waals surface area contributed by atoms with Gasteiger partial charge < -0.3 is 4.74 Å². The van der Waals surface area contributed by atoms with E-state index in [0.29, 0.717) is 22.9 Å². The summed E-state index contributed by atoms with van der Waals surface area (Å²) >= 11 is 0. The second-order valence-corrected chi connectivity index (χ2v) is 9.29. The molecule has 0 unspecified atom stereocenters. The normalized spacial score (nSPS) is 21.9. The highest BCUT2D eigenvalue weighted by atomic mass is 16.5. The molecule has 0 radical (unpaired) electrons. The van der Waals surface area contributed by atoms with E-state index in [9.17, 15) is 14.4 Å². The van der Waals surface area contributed by atoms with Crippen LogP contribution in [0.4, 0.5) is 5.69 Å². The number of anilines is 1. The van der Waals surface area contributed by atoms with E-state index in [1.54, 1.807) is 24.3 Å². The molecule has 0 N–H and O–H groups in total. The zero-order chi connectivity index (χ0) is 23.7. The third-order valence-corrected chi connectivity index (χ3v) is 6.97. The molecular weight excluding hydrogens is 426 g/mol. The molecule has 5 nitrogen and oxygen atoms in total. The monoisotopic (exact) mass is 453 g/mol. The highest BCUT2D eigenvalue weighted by Crippen LogP contribution is 2.42. The lowest BCUT2D eigenvalue weighted by atomic mass is 9.76. The predicted molar refractivity (Wildman–Crippen MR) is 131 cm³/mol. The SMILES string of the molecule is C[C@@H]1CC[C@H]2C(=O)N(c3ccc(OCC(=O)c4ccc(-c5ccccc5)cc4)cc3)C(=O)[C@@H]2C1. The van der Waals surface area contributed by atoms with Crippen molar-refractivity contribution in [2.75, 3.05) is 11.5 Å². The van der Waals surface area contributed by atoms with E-state index in [2.05, 4.69) is 6.92 Å². The highest BCUT2D eigenvalue weighted by Gasteiger charge is 2.49. The molecule has 1 aliphatic heterocycles. The average molecular weight is 454 g/mol. The first-order valence-corrected chi connectivity index (χ1v) is 11.8. The molecule has 172 valence electrons. The molecule has 5 heteroatoms. The molecule has 2 amide bonds. The summed E-state index contributed by atoms with van der Waals surface area (Å²) in [5.74, 6) is 0.299. The molecule has 2 aliphatic rings. The Morgan fingerprint density at radius 1 is 0.824 bits per heavy atom. The fraction of sp³-hybridized carbons (Fsp3) is 0.276. The topological polar surface area (TPSA) is 63.7 Å². The zero-order valence-corrected chi connectivity index (χ0v) is 19.1. The van der Waals surface area contributed by atoms with Crippen LogP contribution >= 0.6 is 0 Å². The van der Waals surface area contributed by atoms with Crippen molar-refractivity contribution in [2.45, 2.75) is 26.2 Å². The molecule has 0 spiro atoms. The standard InChI is InChI=1S/C29H27NO4/c1-19-7-16-25-26(17-19)29(33)30(28(25)32)23-12-14-24(15-13-23)34-18-27(31)22-10-8-21(9-11-22)20-5-3-2-4-6-20/h2-6,8-15,19,25-26H,7,16-18H2,1H3/t19-,25-,26-/m1/s1. The number of hydrogen-bond donors (Lipinski definition) is 0. The minimum Gasteiger partial charge on any atom is -0.485 e. The average Bonchev–Trinajstić information content (AvgIpc) is 3.12. The number of carbonyl (C=O) groups is 3.